The average Bonchev–Trinajstić information content (AvgIpc) is 2.30. The van der Waals surface area contributed by atoms with Crippen LogP contribution >= 0.6 is 0 Å². The molecule has 116 valence electrons. The molecule has 0 radical (unpaired) electrons. The van der Waals surface area contributed by atoms with Gasteiger partial charge in [-0.1, -0.05) is 13.3 Å². The van der Waals surface area contributed by atoms with Gasteiger partial charge in [-0.3, -0.25) is 0 Å². The molecule has 0 aliphatic heterocycles. The van der Waals surface area contributed by atoms with Crippen LogP contribution in [0.15, 0.2) is 0 Å². The predicted octanol–water partition coefficient (Wildman–Crippen LogP) is 3.70. The maximum Gasteiger partial charge on any atom is 0.499 e. The Morgan fingerprint density at radius 2 is 1.11 bits per heavy atom. The van der Waals surface area contributed by atoms with Gasteiger partial charge in [0.25, 0.3) is 0 Å². The second-order valence-electron chi connectivity index (χ2n) is 6.17. The van der Waals surface area contributed by atoms with Crippen LogP contribution in [0.2, 0.25) is 44.3 Å². The normalized spacial score (nSPS) is 13.9. The van der Waals surface area contributed by atoms with Crippen LogP contribution in [0.5, 0.6) is 0 Å². The molecule has 0 rings (SSSR count). The molecule has 0 amide bonds. The summed E-state index contributed by atoms with van der Waals surface area (Å²) in [6.45, 7) is 11.4. The first-order chi connectivity index (χ1) is 8.66. The first kappa shape index (κ1) is 19.5. The Hall–Kier alpha value is 0.491. The fraction of sp³-hybridized carbons (Fsp3) is 1.00. The van der Waals surface area contributed by atoms with E-state index in [1.54, 1.807) is 21.3 Å². The molecule has 7 heteroatoms. The van der Waals surface area contributed by atoms with E-state index in [1.807, 2.05) is 0 Å². The quantitative estimate of drug-likeness (QED) is 0.574. The van der Waals surface area contributed by atoms with Gasteiger partial charge in [-0.2, -0.15) is 0 Å². The average molecular weight is 325 g/mol. The van der Waals surface area contributed by atoms with Gasteiger partial charge in [0.1, 0.15) is 0 Å². The fourth-order valence-corrected chi connectivity index (χ4v) is 15.2. The molecule has 4 nitrogen and oxygen atoms in total. The third-order valence-electron chi connectivity index (χ3n) is 3.37. The summed E-state index contributed by atoms with van der Waals surface area (Å²) >= 11 is 0. The molecule has 0 aromatic carbocycles. The Morgan fingerprint density at radius 1 is 0.684 bits per heavy atom. The Morgan fingerprint density at radius 3 is 1.47 bits per heavy atom. The summed E-state index contributed by atoms with van der Waals surface area (Å²) in [5.41, 5.74) is 0. The van der Waals surface area contributed by atoms with Gasteiger partial charge >= 0.3 is 8.80 Å². The van der Waals surface area contributed by atoms with Crippen molar-refractivity contribution in [2.45, 2.75) is 57.7 Å². The zero-order valence-electron chi connectivity index (χ0n) is 14.0. The van der Waals surface area contributed by atoms with Crippen LogP contribution in [0.25, 0.3) is 0 Å². The Labute approximate surface area is 122 Å². The molecular formula is C12H32O4Si3. The molecule has 0 saturated carbocycles. The Bertz CT molecular complexity index is 247. The van der Waals surface area contributed by atoms with Crippen LogP contribution in [0.1, 0.15) is 13.3 Å². The number of rotatable bonds is 10. The summed E-state index contributed by atoms with van der Waals surface area (Å²) in [6, 6.07) is 3.09. The van der Waals surface area contributed by atoms with Crippen molar-refractivity contribution in [3.05, 3.63) is 0 Å². The van der Waals surface area contributed by atoms with Crippen LogP contribution in [0.4, 0.5) is 0 Å². The van der Waals surface area contributed by atoms with Crippen molar-refractivity contribution in [2.75, 3.05) is 21.3 Å². The molecule has 0 aliphatic carbocycles. The Kier molecular flexibility index (Phi) is 8.27. The molecule has 0 aromatic rings. The maximum absolute atomic E-state index is 6.53. The van der Waals surface area contributed by atoms with Crippen molar-refractivity contribution in [3.63, 3.8) is 0 Å². The largest absolute Gasteiger partial charge is 0.499 e. The zero-order chi connectivity index (χ0) is 15.2. The van der Waals surface area contributed by atoms with Crippen molar-refractivity contribution in [1.82, 2.24) is 0 Å². The molecular weight excluding hydrogens is 292 g/mol. The molecule has 0 heterocycles. The van der Waals surface area contributed by atoms with Crippen molar-refractivity contribution in [1.29, 1.82) is 0 Å². The Balaban J connectivity index is 4.52. The SMILES string of the molecule is CCC[Si](C)(C)O[Si](C)(C)CC[Si](OC)(OC)OC. The minimum atomic E-state index is -2.45. The molecule has 0 aromatic heterocycles. The molecule has 0 spiro atoms. The van der Waals surface area contributed by atoms with E-state index >= 15 is 0 Å². The fourth-order valence-electron chi connectivity index (χ4n) is 2.46. The van der Waals surface area contributed by atoms with E-state index in [0.29, 0.717) is 0 Å². The lowest BCUT2D eigenvalue weighted by atomic mass is 10.6. The molecule has 0 saturated heterocycles. The van der Waals surface area contributed by atoms with Gasteiger partial charge in [-0.25, -0.2) is 0 Å². The minimum absolute atomic E-state index is 0.840. The smallest absolute Gasteiger partial charge is 0.456 e. The molecule has 19 heavy (non-hydrogen) atoms. The van der Waals surface area contributed by atoms with Crippen molar-refractivity contribution in [3.8, 4) is 0 Å². The van der Waals surface area contributed by atoms with Crippen molar-refractivity contribution in [2.24, 2.45) is 0 Å². The van der Waals surface area contributed by atoms with E-state index in [-0.39, 0.29) is 0 Å². The highest BCUT2D eigenvalue weighted by atomic mass is 28.4. The van der Waals surface area contributed by atoms with E-state index in [2.05, 4.69) is 33.1 Å². The van der Waals surface area contributed by atoms with E-state index in [0.717, 1.165) is 12.1 Å². The van der Waals surface area contributed by atoms with Gasteiger partial charge in [0.15, 0.2) is 16.6 Å². The monoisotopic (exact) mass is 324 g/mol. The van der Waals surface area contributed by atoms with E-state index in [9.17, 15) is 0 Å². The van der Waals surface area contributed by atoms with Crippen molar-refractivity contribution >= 4 is 25.4 Å². The highest BCUT2D eigenvalue weighted by molar-refractivity contribution is 6.85. The number of hydrogen-bond donors (Lipinski definition) is 0. The van der Waals surface area contributed by atoms with Crippen LogP contribution < -0.4 is 0 Å². The summed E-state index contributed by atoms with van der Waals surface area (Å²) < 4.78 is 23.0. The summed E-state index contributed by atoms with van der Waals surface area (Å²) in [5, 5.41) is 0. The van der Waals surface area contributed by atoms with Crippen molar-refractivity contribution < 1.29 is 17.4 Å². The first-order valence-corrected chi connectivity index (χ1v) is 15.2. The summed E-state index contributed by atoms with van der Waals surface area (Å²) in [6.07, 6.45) is 1.20. The second-order valence-corrected chi connectivity index (χ2v) is 18.1. The zero-order valence-corrected chi connectivity index (χ0v) is 17.0. The van der Waals surface area contributed by atoms with E-state index in [1.165, 1.54) is 12.5 Å². The molecule has 0 aliphatic rings. The third kappa shape index (κ3) is 7.17. The predicted molar refractivity (Wildman–Crippen MR) is 87.5 cm³/mol. The van der Waals surface area contributed by atoms with Crippen LogP contribution in [0.3, 0.4) is 0 Å². The first-order valence-electron chi connectivity index (χ1n) is 7.01. The van der Waals surface area contributed by atoms with Gasteiger partial charge in [0, 0.05) is 27.4 Å². The van der Waals surface area contributed by atoms with E-state index < -0.39 is 25.4 Å². The number of hydrogen-bond acceptors (Lipinski definition) is 4. The molecule has 0 bridgehead atoms. The summed E-state index contributed by atoms with van der Waals surface area (Å²) in [7, 11) is -0.627. The standard InChI is InChI=1S/C12H32O4Si3/c1-9-10-17(5,6)16-18(7,8)11-12-19(13-2,14-3)15-4/h9-12H2,1-8H3. The van der Waals surface area contributed by atoms with Gasteiger partial charge in [-0.05, 0) is 38.3 Å². The lowest BCUT2D eigenvalue weighted by Gasteiger charge is -2.35. The van der Waals surface area contributed by atoms with E-state index in [4.69, 9.17) is 17.4 Å². The van der Waals surface area contributed by atoms with Crippen LogP contribution in [0, 0.1) is 0 Å². The van der Waals surface area contributed by atoms with Gasteiger partial charge in [0.05, 0.1) is 0 Å². The summed E-state index contributed by atoms with van der Waals surface area (Å²) in [5.74, 6) is 0. The topological polar surface area (TPSA) is 36.9 Å². The van der Waals surface area contributed by atoms with Crippen LogP contribution in [-0.4, -0.2) is 46.8 Å². The molecule has 0 fully saturated rings. The maximum atomic E-state index is 6.53. The lowest BCUT2D eigenvalue weighted by molar-refractivity contribution is 0.125. The van der Waals surface area contributed by atoms with Crippen LogP contribution in [-0.2, 0) is 17.4 Å². The highest BCUT2D eigenvalue weighted by Crippen LogP contribution is 2.27. The lowest BCUT2D eigenvalue weighted by Crippen LogP contribution is -2.48. The van der Waals surface area contributed by atoms with Gasteiger partial charge < -0.3 is 17.4 Å². The second kappa shape index (κ2) is 8.06. The third-order valence-corrected chi connectivity index (χ3v) is 14.2. The van der Waals surface area contributed by atoms with Gasteiger partial charge in [0.2, 0.25) is 0 Å². The minimum Gasteiger partial charge on any atom is -0.456 e. The molecule has 0 N–H and O–H groups in total. The molecule has 0 unspecified atom stereocenters. The highest BCUT2D eigenvalue weighted by Gasteiger charge is 2.41. The molecule has 0 atom stereocenters. The van der Waals surface area contributed by atoms with Gasteiger partial charge in [-0.15, -0.1) is 0 Å². The summed E-state index contributed by atoms with van der Waals surface area (Å²) in [4.78, 5) is 0.